The highest BCUT2D eigenvalue weighted by atomic mass is 35.5. The maximum Gasteiger partial charge on any atom is 0.223 e. The van der Waals surface area contributed by atoms with Crippen LogP contribution in [0, 0.1) is 0 Å². The number of aryl methyl sites for hydroxylation is 1. The highest BCUT2D eigenvalue weighted by molar-refractivity contribution is 5.85. The fourth-order valence-corrected chi connectivity index (χ4v) is 2.65. The first-order valence-corrected chi connectivity index (χ1v) is 7.87. The average Bonchev–Trinajstić information content (AvgIpc) is 2.96. The Morgan fingerprint density at radius 1 is 1.43 bits per heavy atom. The number of carbonyl (C=O) groups excluding carboxylic acids is 2. The van der Waals surface area contributed by atoms with Gasteiger partial charge >= 0.3 is 0 Å². The zero-order valence-electron chi connectivity index (χ0n) is 13.7. The summed E-state index contributed by atoms with van der Waals surface area (Å²) >= 11 is 0. The summed E-state index contributed by atoms with van der Waals surface area (Å²) < 4.78 is 1.94. The van der Waals surface area contributed by atoms with Crippen LogP contribution in [0.4, 0.5) is 0 Å². The minimum atomic E-state index is -0.0695. The smallest absolute Gasteiger partial charge is 0.223 e. The summed E-state index contributed by atoms with van der Waals surface area (Å²) in [6.07, 6.45) is 5.01. The molecule has 1 aromatic heterocycles. The molecular formula is C15H26ClN5O2. The molecule has 1 saturated heterocycles. The summed E-state index contributed by atoms with van der Waals surface area (Å²) in [7, 11) is 1.93. The number of nitrogens with zero attached hydrogens (tertiary/aromatic N) is 3. The van der Waals surface area contributed by atoms with E-state index in [9.17, 15) is 9.59 Å². The van der Waals surface area contributed by atoms with Gasteiger partial charge < -0.3 is 20.1 Å². The van der Waals surface area contributed by atoms with Gasteiger partial charge in [-0.1, -0.05) is 6.92 Å². The lowest BCUT2D eigenvalue weighted by Gasteiger charge is -2.35. The van der Waals surface area contributed by atoms with E-state index in [1.165, 1.54) is 0 Å². The van der Waals surface area contributed by atoms with E-state index in [1.807, 2.05) is 29.6 Å². The predicted molar refractivity (Wildman–Crippen MR) is 90.3 cm³/mol. The second-order valence-corrected chi connectivity index (χ2v) is 5.55. The monoisotopic (exact) mass is 343 g/mol. The van der Waals surface area contributed by atoms with E-state index in [-0.39, 0.29) is 43.1 Å². The number of imidazole rings is 1. The number of hydrogen-bond acceptors (Lipinski definition) is 4. The molecule has 1 unspecified atom stereocenters. The van der Waals surface area contributed by atoms with Crippen LogP contribution in [0.3, 0.4) is 0 Å². The molecule has 1 aliphatic rings. The van der Waals surface area contributed by atoms with Crippen LogP contribution >= 0.6 is 12.4 Å². The van der Waals surface area contributed by atoms with Crippen LogP contribution in [0.2, 0.25) is 0 Å². The number of hydrogen-bond donors (Lipinski definition) is 2. The van der Waals surface area contributed by atoms with Crippen molar-refractivity contribution in [1.29, 1.82) is 0 Å². The Hall–Kier alpha value is -1.60. The van der Waals surface area contributed by atoms with E-state index in [0.29, 0.717) is 19.6 Å². The highest BCUT2D eigenvalue weighted by Crippen LogP contribution is 2.21. The van der Waals surface area contributed by atoms with Gasteiger partial charge in [0.1, 0.15) is 11.9 Å². The molecule has 0 saturated carbocycles. The SMILES string of the molecule is CCCNC(=O)CCC(=O)N1CCNCC1c1nccn1C.Cl. The minimum Gasteiger partial charge on any atom is -0.356 e. The molecule has 2 heterocycles. The zero-order chi connectivity index (χ0) is 15.9. The van der Waals surface area contributed by atoms with Crippen LogP contribution in [0.1, 0.15) is 38.1 Å². The molecule has 2 rings (SSSR count). The van der Waals surface area contributed by atoms with E-state index < -0.39 is 0 Å². The number of halogens is 1. The van der Waals surface area contributed by atoms with E-state index in [2.05, 4.69) is 15.6 Å². The molecule has 7 nitrogen and oxygen atoms in total. The van der Waals surface area contributed by atoms with Crippen molar-refractivity contribution in [3.05, 3.63) is 18.2 Å². The predicted octanol–water partition coefficient (Wildman–Crippen LogP) is 0.621. The summed E-state index contributed by atoms with van der Waals surface area (Å²) in [6.45, 7) is 4.78. The first-order chi connectivity index (χ1) is 10.6. The standard InChI is InChI=1S/C15H25N5O2.ClH/c1-3-6-17-13(21)4-5-14(22)20-10-7-16-11-12(20)15-18-8-9-19(15)2;/h8-9,12,16H,3-7,10-11H2,1-2H3,(H,17,21);1H. The molecular weight excluding hydrogens is 318 g/mol. The largest absolute Gasteiger partial charge is 0.356 e. The maximum absolute atomic E-state index is 12.5. The third-order valence-corrected chi connectivity index (χ3v) is 3.86. The van der Waals surface area contributed by atoms with Crippen LogP contribution in [-0.2, 0) is 16.6 Å². The molecule has 0 radical (unpaired) electrons. The van der Waals surface area contributed by atoms with Crippen LogP contribution in [0.5, 0.6) is 0 Å². The Balaban J connectivity index is 0.00000264. The normalized spacial score (nSPS) is 17.5. The van der Waals surface area contributed by atoms with Crippen molar-refractivity contribution in [3.63, 3.8) is 0 Å². The lowest BCUT2D eigenvalue weighted by atomic mass is 10.1. The zero-order valence-corrected chi connectivity index (χ0v) is 14.6. The fraction of sp³-hybridized carbons (Fsp3) is 0.667. The first kappa shape index (κ1) is 19.4. The highest BCUT2D eigenvalue weighted by Gasteiger charge is 2.30. The minimum absolute atomic E-state index is 0. The molecule has 0 spiro atoms. The third-order valence-electron chi connectivity index (χ3n) is 3.86. The van der Waals surface area contributed by atoms with Gasteiger partial charge in [0.05, 0.1) is 0 Å². The number of nitrogens with one attached hydrogen (secondary N) is 2. The van der Waals surface area contributed by atoms with Gasteiger partial charge in [-0.3, -0.25) is 9.59 Å². The van der Waals surface area contributed by atoms with E-state index in [4.69, 9.17) is 0 Å². The molecule has 1 atom stereocenters. The second kappa shape index (κ2) is 9.52. The Morgan fingerprint density at radius 3 is 2.87 bits per heavy atom. The number of piperazine rings is 1. The molecule has 0 aliphatic carbocycles. The Kier molecular flexibility index (Phi) is 8.05. The van der Waals surface area contributed by atoms with Crippen molar-refractivity contribution in [2.45, 2.75) is 32.2 Å². The summed E-state index contributed by atoms with van der Waals surface area (Å²) in [5.74, 6) is 0.830. The molecule has 0 bridgehead atoms. The first-order valence-electron chi connectivity index (χ1n) is 7.87. The molecule has 0 aromatic carbocycles. The van der Waals surface area contributed by atoms with Gasteiger partial charge in [-0.05, 0) is 6.42 Å². The quantitative estimate of drug-likeness (QED) is 0.793. The fourth-order valence-electron chi connectivity index (χ4n) is 2.65. The molecule has 1 aliphatic heterocycles. The van der Waals surface area contributed by atoms with Crippen molar-refractivity contribution in [3.8, 4) is 0 Å². The number of rotatable bonds is 6. The van der Waals surface area contributed by atoms with E-state index in [1.54, 1.807) is 6.20 Å². The van der Waals surface area contributed by atoms with Crippen molar-refractivity contribution in [2.24, 2.45) is 7.05 Å². The van der Waals surface area contributed by atoms with Gasteiger partial charge in [-0.25, -0.2) is 4.98 Å². The number of carbonyl (C=O) groups is 2. The molecule has 2 N–H and O–H groups in total. The van der Waals surface area contributed by atoms with Crippen LogP contribution < -0.4 is 10.6 Å². The molecule has 8 heteroatoms. The van der Waals surface area contributed by atoms with E-state index >= 15 is 0 Å². The van der Waals surface area contributed by atoms with Gasteiger partial charge in [0, 0.05) is 58.5 Å². The molecule has 1 aromatic rings. The summed E-state index contributed by atoms with van der Waals surface area (Å²) in [5, 5.41) is 6.10. The van der Waals surface area contributed by atoms with Gasteiger partial charge in [0.15, 0.2) is 0 Å². The lowest BCUT2D eigenvalue weighted by Crippen LogP contribution is -2.49. The molecule has 23 heavy (non-hydrogen) atoms. The van der Waals surface area contributed by atoms with Crippen molar-refractivity contribution >= 4 is 24.2 Å². The number of amides is 2. The Morgan fingerprint density at radius 2 is 2.22 bits per heavy atom. The van der Waals surface area contributed by atoms with Crippen molar-refractivity contribution in [2.75, 3.05) is 26.2 Å². The van der Waals surface area contributed by atoms with Crippen LogP contribution in [-0.4, -0.2) is 52.4 Å². The van der Waals surface area contributed by atoms with Crippen LogP contribution in [0.15, 0.2) is 12.4 Å². The van der Waals surface area contributed by atoms with Gasteiger partial charge in [0.2, 0.25) is 11.8 Å². The molecule has 1 fully saturated rings. The van der Waals surface area contributed by atoms with Crippen LogP contribution in [0.25, 0.3) is 0 Å². The summed E-state index contributed by atoms with van der Waals surface area (Å²) in [6, 6.07) is -0.0695. The average molecular weight is 344 g/mol. The number of aromatic nitrogens is 2. The van der Waals surface area contributed by atoms with Crippen molar-refractivity contribution in [1.82, 2.24) is 25.1 Å². The van der Waals surface area contributed by atoms with Gasteiger partial charge in [0.25, 0.3) is 0 Å². The summed E-state index contributed by atoms with van der Waals surface area (Å²) in [5.41, 5.74) is 0. The topological polar surface area (TPSA) is 79.3 Å². The third kappa shape index (κ3) is 5.21. The lowest BCUT2D eigenvalue weighted by molar-refractivity contribution is -0.136. The second-order valence-electron chi connectivity index (χ2n) is 5.55. The van der Waals surface area contributed by atoms with Gasteiger partial charge in [-0.15, -0.1) is 12.4 Å². The summed E-state index contributed by atoms with van der Waals surface area (Å²) in [4.78, 5) is 30.3. The maximum atomic E-state index is 12.5. The Bertz CT molecular complexity index is 520. The molecule has 130 valence electrons. The van der Waals surface area contributed by atoms with E-state index in [0.717, 1.165) is 18.8 Å². The Labute approximate surface area is 143 Å². The van der Waals surface area contributed by atoms with Crippen molar-refractivity contribution < 1.29 is 9.59 Å². The molecule has 2 amide bonds. The van der Waals surface area contributed by atoms with Gasteiger partial charge in [-0.2, -0.15) is 0 Å².